The Balaban J connectivity index is 2.94. The highest BCUT2D eigenvalue weighted by molar-refractivity contribution is 6.50. The van der Waals surface area contributed by atoms with E-state index in [1.807, 2.05) is 0 Å². The molecule has 0 saturated heterocycles. The number of halogens is 3. The molecule has 2 aromatic rings. The monoisotopic (exact) mass is 221 g/mol. The summed E-state index contributed by atoms with van der Waals surface area (Å²) in [7, 11) is 0. The maximum Gasteiger partial charge on any atom is 0.134 e. The average molecular weight is 222 g/mol. The third-order valence-electron chi connectivity index (χ3n) is 1.49. The van der Waals surface area contributed by atoms with Crippen LogP contribution >= 0.6 is 34.8 Å². The third-order valence-corrected chi connectivity index (χ3v) is 2.74. The molecule has 1 heterocycles. The molecule has 2 nitrogen and oxygen atoms in total. The molecule has 0 amide bonds. The van der Waals surface area contributed by atoms with Gasteiger partial charge in [0.05, 0.1) is 15.1 Å². The van der Waals surface area contributed by atoms with Gasteiger partial charge in [0, 0.05) is 5.39 Å². The summed E-state index contributed by atoms with van der Waals surface area (Å²) >= 11 is 17.4. The van der Waals surface area contributed by atoms with E-state index in [2.05, 4.69) is 5.16 Å². The van der Waals surface area contributed by atoms with E-state index in [-0.39, 0.29) is 0 Å². The Morgan fingerprint density at radius 2 is 1.92 bits per heavy atom. The van der Waals surface area contributed by atoms with Crippen molar-refractivity contribution in [1.29, 1.82) is 0 Å². The van der Waals surface area contributed by atoms with Gasteiger partial charge in [-0.05, 0) is 6.07 Å². The Bertz CT molecular complexity index is 437. The molecule has 0 radical (unpaired) electrons. The summed E-state index contributed by atoms with van der Waals surface area (Å²) in [5, 5.41) is 5.45. The number of hydrogen-bond donors (Lipinski definition) is 0. The summed E-state index contributed by atoms with van der Waals surface area (Å²) in [4.78, 5) is 0. The number of hydrogen-bond acceptors (Lipinski definition) is 2. The van der Waals surface area contributed by atoms with Crippen molar-refractivity contribution in [3.63, 3.8) is 0 Å². The van der Waals surface area contributed by atoms with Gasteiger partial charge in [-0.25, -0.2) is 0 Å². The lowest BCUT2D eigenvalue weighted by atomic mass is 10.2. The lowest BCUT2D eigenvalue weighted by Crippen LogP contribution is -1.74. The minimum Gasteiger partial charge on any atom is -0.363 e. The molecule has 0 spiro atoms. The van der Waals surface area contributed by atoms with Gasteiger partial charge in [-0.15, -0.1) is 0 Å². The van der Waals surface area contributed by atoms with E-state index < -0.39 is 0 Å². The Morgan fingerprint density at radius 1 is 1.17 bits per heavy atom. The lowest BCUT2D eigenvalue weighted by Gasteiger charge is -1.97. The second-order valence-corrected chi connectivity index (χ2v) is 3.40. The zero-order valence-electron chi connectivity index (χ0n) is 5.64. The molecular formula is C7H2Cl3NO. The van der Waals surface area contributed by atoms with Gasteiger partial charge in [0.15, 0.2) is 0 Å². The molecule has 62 valence electrons. The summed E-state index contributed by atoms with van der Waals surface area (Å²) in [6.45, 7) is 0. The number of fused-ring (bicyclic) bond motifs is 1. The van der Waals surface area contributed by atoms with Crippen LogP contribution in [0.1, 0.15) is 0 Å². The number of nitrogens with zero attached hydrogens (tertiary/aromatic N) is 1. The van der Waals surface area contributed by atoms with Gasteiger partial charge in [0.1, 0.15) is 11.8 Å². The van der Waals surface area contributed by atoms with Crippen molar-refractivity contribution in [2.45, 2.75) is 0 Å². The van der Waals surface area contributed by atoms with E-state index in [4.69, 9.17) is 39.3 Å². The Kier molecular flexibility index (Phi) is 1.91. The highest BCUT2D eigenvalue weighted by Crippen LogP contribution is 2.35. The standard InChI is InChI=1S/C7H2Cl3NO/c8-4-1-3-2-12-11-7(3)6(10)5(4)9/h1-2H. The van der Waals surface area contributed by atoms with E-state index in [0.29, 0.717) is 20.6 Å². The predicted octanol–water partition coefficient (Wildman–Crippen LogP) is 3.79. The number of aromatic nitrogens is 1. The molecule has 1 aromatic heterocycles. The summed E-state index contributed by atoms with van der Waals surface area (Å²) in [5.74, 6) is 0. The minimum absolute atomic E-state index is 0.305. The molecule has 0 unspecified atom stereocenters. The van der Waals surface area contributed by atoms with Crippen LogP contribution in [0.4, 0.5) is 0 Å². The van der Waals surface area contributed by atoms with Crippen molar-refractivity contribution in [2.75, 3.05) is 0 Å². The normalized spacial score (nSPS) is 10.9. The number of rotatable bonds is 0. The van der Waals surface area contributed by atoms with Crippen LogP contribution in [0.5, 0.6) is 0 Å². The summed E-state index contributed by atoms with van der Waals surface area (Å²) in [6, 6.07) is 1.65. The molecule has 12 heavy (non-hydrogen) atoms. The highest BCUT2D eigenvalue weighted by atomic mass is 35.5. The third kappa shape index (κ3) is 1.07. The zero-order chi connectivity index (χ0) is 8.72. The molecule has 0 atom stereocenters. The van der Waals surface area contributed by atoms with E-state index in [1.165, 1.54) is 6.26 Å². The molecule has 0 fully saturated rings. The summed E-state index contributed by atoms with van der Waals surface area (Å²) in [6.07, 6.45) is 1.46. The fourth-order valence-electron chi connectivity index (χ4n) is 0.922. The van der Waals surface area contributed by atoms with E-state index in [0.717, 1.165) is 5.39 Å². The maximum atomic E-state index is 5.83. The van der Waals surface area contributed by atoms with E-state index in [1.54, 1.807) is 6.07 Å². The molecule has 1 aromatic carbocycles. The number of benzene rings is 1. The van der Waals surface area contributed by atoms with E-state index in [9.17, 15) is 0 Å². The smallest absolute Gasteiger partial charge is 0.134 e. The van der Waals surface area contributed by atoms with Gasteiger partial charge in [-0.2, -0.15) is 0 Å². The summed E-state index contributed by atoms with van der Waals surface area (Å²) in [5.41, 5.74) is 0.533. The maximum absolute atomic E-state index is 5.83. The fraction of sp³-hybridized carbons (Fsp3) is 0. The van der Waals surface area contributed by atoms with Crippen LogP contribution in [0.3, 0.4) is 0 Å². The van der Waals surface area contributed by atoms with Gasteiger partial charge in [0.2, 0.25) is 0 Å². The molecule has 0 aliphatic heterocycles. The first kappa shape index (κ1) is 8.17. The van der Waals surface area contributed by atoms with Crippen molar-refractivity contribution >= 4 is 45.7 Å². The van der Waals surface area contributed by atoms with Crippen molar-refractivity contribution < 1.29 is 4.52 Å². The lowest BCUT2D eigenvalue weighted by molar-refractivity contribution is 0.428. The van der Waals surface area contributed by atoms with Crippen LogP contribution in [0.15, 0.2) is 16.9 Å². The van der Waals surface area contributed by atoms with E-state index >= 15 is 0 Å². The Hall–Kier alpha value is -0.440. The highest BCUT2D eigenvalue weighted by Gasteiger charge is 2.11. The molecule has 5 heteroatoms. The molecular weight excluding hydrogens is 220 g/mol. The van der Waals surface area contributed by atoms with Crippen LogP contribution in [0.2, 0.25) is 15.1 Å². The van der Waals surface area contributed by atoms with Crippen LogP contribution in [0.25, 0.3) is 10.9 Å². The Labute approximate surface area is 83.0 Å². The first-order valence-electron chi connectivity index (χ1n) is 3.07. The van der Waals surface area contributed by atoms with Gasteiger partial charge in [-0.3, -0.25) is 0 Å². The second kappa shape index (κ2) is 2.80. The molecule has 2 rings (SSSR count). The van der Waals surface area contributed by atoms with Crippen LogP contribution in [0, 0.1) is 0 Å². The molecule has 0 bridgehead atoms. The molecule has 0 saturated carbocycles. The first-order valence-corrected chi connectivity index (χ1v) is 4.21. The van der Waals surface area contributed by atoms with Gasteiger partial charge >= 0.3 is 0 Å². The quantitative estimate of drug-likeness (QED) is 0.634. The van der Waals surface area contributed by atoms with Crippen LogP contribution in [-0.2, 0) is 0 Å². The average Bonchev–Trinajstić information content (AvgIpc) is 2.48. The van der Waals surface area contributed by atoms with Gasteiger partial charge in [0.25, 0.3) is 0 Å². The van der Waals surface area contributed by atoms with Crippen molar-refractivity contribution in [3.8, 4) is 0 Å². The van der Waals surface area contributed by atoms with Crippen molar-refractivity contribution in [3.05, 3.63) is 27.4 Å². The van der Waals surface area contributed by atoms with Crippen molar-refractivity contribution in [2.24, 2.45) is 0 Å². The predicted molar refractivity (Wildman–Crippen MR) is 49.0 cm³/mol. The van der Waals surface area contributed by atoms with Gasteiger partial charge in [-0.1, -0.05) is 40.0 Å². The zero-order valence-corrected chi connectivity index (χ0v) is 7.91. The molecule has 0 N–H and O–H groups in total. The largest absolute Gasteiger partial charge is 0.363 e. The molecule has 0 aliphatic carbocycles. The van der Waals surface area contributed by atoms with Crippen LogP contribution < -0.4 is 0 Å². The fourth-order valence-corrected chi connectivity index (χ4v) is 1.57. The van der Waals surface area contributed by atoms with Crippen molar-refractivity contribution in [1.82, 2.24) is 5.16 Å². The minimum atomic E-state index is 0.305. The second-order valence-electron chi connectivity index (χ2n) is 2.24. The Morgan fingerprint density at radius 3 is 2.67 bits per heavy atom. The molecule has 0 aliphatic rings. The van der Waals surface area contributed by atoms with Gasteiger partial charge < -0.3 is 4.52 Å². The SMILES string of the molecule is Clc1cc2conc2c(Cl)c1Cl. The topological polar surface area (TPSA) is 26.0 Å². The van der Waals surface area contributed by atoms with Crippen LogP contribution in [-0.4, -0.2) is 5.16 Å². The summed E-state index contributed by atoms with van der Waals surface area (Å²) < 4.78 is 4.70. The first-order chi connectivity index (χ1) is 5.70.